The lowest BCUT2D eigenvalue weighted by Crippen LogP contribution is -2.29. The van der Waals surface area contributed by atoms with Gasteiger partial charge >= 0.3 is 0 Å². The molecular formula is C18H24N4O. The summed E-state index contributed by atoms with van der Waals surface area (Å²) in [5, 5.41) is 0. The molecule has 0 spiro atoms. The largest absolute Gasteiger partial charge is 0.497 e. The lowest BCUT2D eigenvalue weighted by molar-refractivity contribution is 0.414. The van der Waals surface area contributed by atoms with Crippen LogP contribution in [-0.4, -0.2) is 23.6 Å². The minimum atomic E-state index is 0.317. The molecule has 3 rings (SSSR count). The van der Waals surface area contributed by atoms with E-state index in [4.69, 9.17) is 10.5 Å². The van der Waals surface area contributed by atoms with Gasteiger partial charge in [0.2, 0.25) is 5.95 Å². The smallest absolute Gasteiger partial charge is 0.222 e. The van der Waals surface area contributed by atoms with E-state index >= 15 is 0 Å². The fourth-order valence-electron chi connectivity index (χ4n) is 3.28. The summed E-state index contributed by atoms with van der Waals surface area (Å²) in [4.78, 5) is 11.0. The van der Waals surface area contributed by atoms with Crippen molar-refractivity contribution in [3.05, 3.63) is 41.6 Å². The number of hydrogen-bond donors (Lipinski definition) is 1. The summed E-state index contributed by atoms with van der Waals surface area (Å²) in [5.74, 6) is 2.16. The Kier molecular flexibility index (Phi) is 4.65. The van der Waals surface area contributed by atoms with E-state index in [-0.39, 0.29) is 0 Å². The van der Waals surface area contributed by atoms with Crippen LogP contribution in [0.3, 0.4) is 0 Å². The van der Waals surface area contributed by atoms with Crippen molar-refractivity contribution in [1.82, 2.24) is 9.97 Å². The number of rotatable bonds is 3. The van der Waals surface area contributed by atoms with Crippen LogP contribution < -0.4 is 15.4 Å². The van der Waals surface area contributed by atoms with Gasteiger partial charge in [-0.3, -0.25) is 0 Å². The number of ether oxygens (including phenoxy) is 1. The van der Waals surface area contributed by atoms with Gasteiger partial charge in [0.1, 0.15) is 11.6 Å². The molecular weight excluding hydrogens is 288 g/mol. The van der Waals surface area contributed by atoms with Crippen molar-refractivity contribution in [2.75, 3.05) is 24.3 Å². The number of hydrogen-bond acceptors (Lipinski definition) is 5. The maximum Gasteiger partial charge on any atom is 0.222 e. The van der Waals surface area contributed by atoms with Crippen molar-refractivity contribution in [3.8, 4) is 5.75 Å². The predicted octanol–water partition coefficient (Wildman–Crippen LogP) is 3.50. The van der Waals surface area contributed by atoms with E-state index in [1.54, 1.807) is 7.11 Å². The molecule has 0 saturated carbocycles. The molecule has 1 atom stereocenters. The molecule has 1 aliphatic heterocycles. The first kappa shape index (κ1) is 15.6. The quantitative estimate of drug-likeness (QED) is 0.939. The summed E-state index contributed by atoms with van der Waals surface area (Å²) >= 11 is 0. The Balaban J connectivity index is 1.96. The normalized spacial score (nSPS) is 18.5. The van der Waals surface area contributed by atoms with Crippen LogP contribution in [-0.2, 0) is 0 Å². The number of aryl methyl sites for hydroxylation is 1. The zero-order valence-corrected chi connectivity index (χ0v) is 13.8. The monoisotopic (exact) mass is 312 g/mol. The van der Waals surface area contributed by atoms with Gasteiger partial charge in [0, 0.05) is 18.3 Å². The van der Waals surface area contributed by atoms with Crippen LogP contribution in [0.1, 0.15) is 43.0 Å². The first-order valence-electron chi connectivity index (χ1n) is 8.19. The average molecular weight is 312 g/mol. The average Bonchev–Trinajstić information content (AvgIpc) is 2.80. The van der Waals surface area contributed by atoms with Gasteiger partial charge in [-0.25, -0.2) is 4.98 Å². The van der Waals surface area contributed by atoms with Crippen molar-refractivity contribution in [3.63, 3.8) is 0 Å². The second kappa shape index (κ2) is 6.86. The number of nitrogen functional groups attached to an aromatic ring is 1. The SMILES string of the molecule is COc1ccc(C2CCCCCN2c2cc(C)nc(N)n2)cc1. The minimum absolute atomic E-state index is 0.317. The Morgan fingerprint density at radius 1 is 1.13 bits per heavy atom. The molecule has 1 unspecified atom stereocenters. The predicted molar refractivity (Wildman–Crippen MR) is 92.7 cm³/mol. The number of benzene rings is 1. The van der Waals surface area contributed by atoms with Crippen molar-refractivity contribution in [2.45, 2.75) is 38.6 Å². The minimum Gasteiger partial charge on any atom is -0.497 e. The van der Waals surface area contributed by atoms with Crippen molar-refractivity contribution >= 4 is 11.8 Å². The maximum absolute atomic E-state index is 5.86. The Morgan fingerprint density at radius 2 is 1.91 bits per heavy atom. The summed E-state index contributed by atoms with van der Waals surface area (Å²) in [6.07, 6.45) is 4.78. The second-order valence-electron chi connectivity index (χ2n) is 6.06. The van der Waals surface area contributed by atoms with Gasteiger partial charge in [-0.15, -0.1) is 0 Å². The van der Waals surface area contributed by atoms with Gasteiger partial charge in [-0.1, -0.05) is 25.0 Å². The van der Waals surface area contributed by atoms with Crippen molar-refractivity contribution in [2.24, 2.45) is 0 Å². The highest BCUT2D eigenvalue weighted by molar-refractivity contribution is 5.47. The van der Waals surface area contributed by atoms with Crippen LogP contribution in [0.2, 0.25) is 0 Å². The molecule has 0 radical (unpaired) electrons. The lowest BCUT2D eigenvalue weighted by atomic mass is 10.0. The number of aromatic nitrogens is 2. The molecule has 0 aliphatic carbocycles. The Morgan fingerprint density at radius 3 is 2.61 bits per heavy atom. The zero-order valence-electron chi connectivity index (χ0n) is 13.8. The number of anilines is 2. The van der Waals surface area contributed by atoms with Crippen LogP contribution in [0.25, 0.3) is 0 Å². The van der Waals surface area contributed by atoms with E-state index in [1.165, 1.54) is 24.8 Å². The van der Waals surface area contributed by atoms with Crippen LogP contribution >= 0.6 is 0 Å². The molecule has 1 saturated heterocycles. The van der Waals surface area contributed by atoms with E-state index in [9.17, 15) is 0 Å². The van der Waals surface area contributed by atoms with E-state index < -0.39 is 0 Å². The van der Waals surface area contributed by atoms with Crippen LogP contribution in [0.15, 0.2) is 30.3 Å². The Hall–Kier alpha value is -2.30. The van der Waals surface area contributed by atoms with Gasteiger partial charge in [-0.05, 0) is 37.5 Å². The van der Waals surface area contributed by atoms with Gasteiger partial charge in [0.15, 0.2) is 0 Å². The first-order valence-corrected chi connectivity index (χ1v) is 8.19. The third-order valence-electron chi connectivity index (χ3n) is 4.41. The maximum atomic E-state index is 5.86. The van der Waals surface area contributed by atoms with Crippen molar-refractivity contribution in [1.29, 1.82) is 0 Å². The third-order valence-corrected chi connectivity index (χ3v) is 4.41. The molecule has 0 bridgehead atoms. The topological polar surface area (TPSA) is 64.3 Å². The van der Waals surface area contributed by atoms with Crippen LogP contribution in [0.5, 0.6) is 5.75 Å². The van der Waals surface area contributed by atoms with E-state index in [0.29, 0.717) is 12.0 Å². The number of nitrogens with zero attached hydrogens (tertiary/aromatic N) is 3. The summed E-state index contributed by atoms with van der Waals surface area (Å²) in [6, 6.07) is 10.7. The fourth-order valence-corrected chi connectivity index (χ4v) is 3.28. The van der Waals surface area contributed by atoms with E-state index in [0.717, 1.165) is 30.2 Å². The van der Waals surface area contributed by atoms with Crippen molar-refractivity contribution < 1.29 is 4.74 Å². The highest BCUT2D eigenvalue weighted by Crippen LogP contribution is 2.34. The summed E-state index contributed by atoms with van der Waals surface area (Å²) in [7, 11) is 1.69. The standard InChI is InChI=1S/C18H24N4O/c1-13-12-17(21-18(19)20-13)22-11-5-3-4-6-16(22)14-7-9-15(23-2)10-8-14/h7-10,12,16H,3-6,11H2,1-2H3,(H2,19,20,21). The van der Waals surface area contributed by atoms with Gasteiger partial charge < -0.3 is 15.4 Å². The van der Waals surface area contributed by atoms with E-state index in [1.807, 2.05) is 25.1 Å². The van der Waals surface area contributed by atoms with Gasteiger partial charge in [0.05, 0.1) is 13.2 Å². The highest BCUT2D eigenvalue weighted by atomic mass is 16.5. The molecule has 5 heteroatoms. The lowest BCUT2D eigenvalue weighted by Gasteiger charge is -2.31. The molecule has 0 amide bonds. The highest BCUT2D eigenvalue weighted by Gasteiger charge is 2.24. The van der Waals surface area contributed by atoms with E-state index in [2.05, 4.69) is 27.0 Å². The number of methoxy groups -OCH3 is 1. The molecule has 2 heterocycles. The Labute approximate surface area is 137 Å². The first-order chi connectivity index (χ1) is 11.2. The molecule has 2 N–H and O–H groups in total. The molecule has 1 aromatic carbocycles. The molecule has 1 aliphatic rings. The molecule has 5 nitrogen and oxygen atoms in total. The third kappa shape index (κ3) is 3.55. The molecule has 122 valence electrons. The van der Waals surface area contributed by atoms with Gasteiger partial charge in [0.25, 0.3) is 0 Å². The number of nitrogens with two attached hydrogens (primary N) is 1. The molecule has 2 aromatic rings. The van der Waals surface area contributed by atoms with Crippen LogP contribution in [0, 0.1) is 6.92 Å². The second-order valence-corrected chi connectivity index (χ2v) is 6.06. The summed E-state index contributed by atoms with van der Waals surface area (Å²) in [6.45, 7) is 2.95. The molecule has 1 aromatic heterocycles. The summed E-state index contributed by atoms with van der Waals surface area (Å²) in [5.41, 5.74) is 8.06. The Bertz CT molecular complexity index is 636. The van der Waals surface area contributed by atoms with Crippen LogP contribution in [0.4, 0.5) is 11.8 Å². The molecule has 1 fully saturated rings. The summed E-state index contributed by atoms with van der Waals surface area (Å²) < 4.78 is 5.27. The zero-order chi connectivity index (χ0) is 16.2. The molecule has 23 heavy (non-hydrogen) atoms. The van der Waals surface area contributed by atoms with Gasteiger partial charge in [-0.2, -0.15) is 4.98 Å². The fraction of sp³-hybridized carbons (Fsp3) is 0.444.